The van der Waals surface area contributed by atoms with Gasteiger partial charge in [-0.1, -0.05) is 30.7 Å². The number of hydrogen-bond donors (Lipinski definition) is 2. The summed E-state index contributed by atoms with van der Waals surface area (Å²) in [5.41, 5.74) is 9.31. The summed E-state index contributed by atoms with van der Waals surface area (Å²) in [6.07, 6.45) is 0.734. The molecule has 4 nitrogen and oxygen atoms in total. The second-order valence-electron chi connectivity index (χ2n) is 5.20. The van der Waals surface area contributed by atoms with Crippen LogP contribution in [0.25, 0.3) is 0 Å². The fourth-order valence-electron chi connectivity index (χ4n) is 2.71. The van der Waals surface area contributed by atoms with E-state index in [4.69, 9.17) is 26.7 Å². The van der Waals surface area contributed by atoms with Crippen molar-refractivity contribution in [1.82, 2.24) is 0 Å². The first-order chi connectivity index (χ1) is 10.6. The summed E-state index contributed by atoms with van der Waals surface area (Å²) in [4.78, 5) is 0. The molecule has 22 heavy (non-hydrogen) atoms. The number of halogens is 1. The van der Waals surface area contributed by atoms with E-state index < -0.39 is 7.12 Å². The van der Waals surface area contributed by atoms with E-state index in [2.05, 4.69) is 0 Å². The van der Waals surface area contributed by atoms with Crippen molar-refractivity contribution in [2.45, 2.75) is 26.5 Å². The number of fused-ring (bicyclic) bond motifs is 1. The molecule has 0 atom stereocenters. The molecule has 0 fully saturated rings. The van der Waals surface area contributed by atoms with Gasteiger partial charge >= 0.3 is 7.12 Å². The first-order valence-corrected chi connectivity index (χ1v) is 7.62. The lowest BCUT2D eigenvalue weighted by Gasteiger charge is -2.15. The van der Waals surface area contributed by atoms with Crippen LogP contribution in [0.15, 0.2) is 30.3 Å². The molecular weight excluding hydrogens is 300 g/mol. The minimum Gasteiger partial charge on any atom is -0.456 e. The molecule has 0 bridgehead atoms. The van der Waals surface area contributed by atoms with Crippen molar-refractivity contribution in [3.63, 3.8) is 0 Å². The Hall–Kier alpha value is -1.53. The zero-order valence-electron chi connectivity index (χ0n) is 12.3. The molecule has 1 heterocycles. The molecule has 3 N–H and O–H groups in total. The first kappa shape index (κ1) is 15.4. The Morgan fingerprint density at radius 1 is 1.32 bits per heavy atom. The van der Waals surface area contributed by atoms with Crippen LogP contribution in [0, 0.1) is 0 Å². The van der Waals surface area contributed by atoms with Crippen LogP contribution in [0.1, 0.15) is 23.6 Å². The summed E-state index contributed by atoms with van der Waals surface area (Å²) in [5, 5.41) is 10.5. The van der Waals surface area contributed by atoms with E-state index in [1.165, 1.54) is 0 Å². The number of nitrogens with two attached hydrogens (primary N) is 1. The molecule has 0 saturated carbocycles. The second kappa shape index (κ2) is 6.30. The number of benzene rings is 2. The zero-order chi connectivity index (χ0) is 15.7. The predicted molar refractivity (Wildman–Crippen MR) is 87.6 cm³/mol. The molecule has 2 aromatic rings. The van der Waals surface area contributed by atoms with Crippen molar-refractivity contribution < 1.29 is 14.4 Å². The average Bonchev–Trinajstić information content (AvgIpc) is 2.90. The minimum atomic E-state index is -0.886. The molecule has 0 aliphatic carbocycles. The fraction of sp³-hybridized carbons (Fsp3) is 0.250. The molecule has 3 rings (SSSR count). The van der Waals surface area contributed by atoms with Crippen LogP contribution in [0.5, 0.6) is 11.5 Å². The van der Waals surface area contributed by atoms with E-state index in [9.17, 15) is 5.02 Å². The van der Waals surface area contributed by atoms with E-state index in [1.54, 1.807) is 6.07 Å². The lowest BCUT2D eigenvalue weighted by atomic mass is 9.75. The van der Waals surface area contributed by atoms with Gasteiger partial charge in [0.15, 0.2) is 0 Å². The molecule has 0 unspecified atom stereocenters. The maximum absolute atomic E-state index is 9.99. The first-order valence-electron chi connectivity index (χ1n) is 7.24. The van der Waals surface area contributed by atoms with Crippen LogP contribution < -0.4 is 15.9 Å². The quantitative estimate of drug-likeness (QED) is 0.850. The van der Waals surface area contributed by atoms with Crippen LogP contribution in [0.3, 0.4) is 0 Å². The third kappa shape index (κ3) is 2.73. The van der Waals surface area contributed by atoms with Gasteiger partial charge in [-0.15, -0.1) is 0 Å². The highest BCUT2D eigenvalue weighted by Gasteiger charge is 2.31. The zero-order valence-corrected chi connectivity index (χ0v) is 13.1. The lowest BCUT2D eigenvalue weighted by molar-refractivity contribution is 0.275. The molecular formula is C16H17BClNO3. The molecule has 1 aliphatic heterocycles. The third-order valence-electron chi connectivity index (χ3n) is 3.85. The average molecular weight is 318 g/mol. The van der Waals surface area contributed by atoms with Crippen LogP contribution >= 0.6 is 11.6 Å². The van der Waals surface area contributed by atoms with Gasteiger partial charge in [0.05, 0.1) is 11.6 Å². The maximum Gasteiger partial charge on any atom is 0.492 e. The summed E-state index contributed by atoms with van der Waals surface area (Å²) >= 11 is 6.24. The summed E-state index contributed by atoms with van der Waals surface area (Å²) in [5.74, 6) is 1.26. The van der Waals surface area contributed by atoms with Gasteiger partial charge in [0.25, 0.3) is 0 Å². The number of hydrogen-bond acceptors (Lipinski definition) is 4. The highest BCUT2D eigenvalue weighted by Crippen LogP contribution is 2.33. The van der Waals surface area contributed by atoms with Gasteiger partial charge in [0.1, 0.15) is 11.5 Å². The Morgan fingerprint density at radius 3 is 2.77 bits per heavy atom. The Bertz CT molecular complexity index is 708. The molecule has 1 aliphatic rings. The summed E-state index contributed by atoms with van der Waals surface area (Å²) in [7, 11) is -0.886. The van der Waals surface area contributed by atoms with E-state index in [1.807, 2.05) is 31.2 Å². The molecule has 0 amide bonds. The standard InChI is InChI=1S/C16H17BClNO3/c1-2-12-14(6-4-11-9-21-17(20)16(11)12)22-15-5-3-10(8-19)7-13(15)18/h3-7,20H,2,8-9,19H2,1H3. The topological polar surface area (TPSA) is 64.7 Å². The van der Waals surface area contributed by atoms with Gasteiger partial charge in [-0.2, -0.15) is 0 Å². The normalized spacial score (nSPS) is 13.4. The number of ether oxygens (including phenoxy) is 1. The molecule has 0 aromatic heterocycles. The fourth-order valence-corrected chi connectivity index (χ4v) is 2.95. The van der Waals surface area contributed by atoms with Gasteiger partial charge in [-0.05, 0) is 46.8 Å². The van der Waals surface area contributed by atoms with Gasteiger partial charge in [0.2, 0.25) is 0 Å². The van der Waals surface area contributed by atoms with Crippen molar-refractivity contribution >= 4 is 24.2 Å². The minimum absolute atomic E-state index is 0.426. The molecule has 0 radical (unpaired) electrons. The van der Waals surface area contributed by atoms with E-state index in [-0.39, 0.29) is 0 Å². The Labute approximate surface area is 134 Å². The molecule has 114 valence electrons. The molecule has 6 heteroatoms. The van der Waals surface area contributed by atoms with Crippen LogP contribution in [-0.2, 0) is 24.2 Å². The van der Waals surface area contributed by atoms with Gasteiger partial charge in [0, 0.05) is 6.54 Å². The monoisotopic (exact) mass is 317 g/mol. The summed E-state index contributed by atoms with van der Waals surface area (Å²) in [6, 6.07) is 9.31. The Kier molecular flexibility index (Phi) is 4.40. The van der Waals surface area contributed by atoms with Crippen LogP contribution in [-0.4, -0.2) is 12.1 Å². The van der Waals surface area contributed by atoms with Crippen molar-refractivity contribution in [3.8, 4) is 11.5 Å². The third-order valence-corrected chi connectivity index (χ3v) is 4.15. The van der Waals surface area contributed by atoms with Crippen molar-refractivity contribution in [2.75, 3.05) is 0 Å². The second-order valence-corrected chi connectivity index (χ2v) is 5.61. The lowest BCUT2D eigenvalue weighted by Crippen LogP contribution is -2.31. The highest BCUT2D eigenvalue weighted by atomic mass is 35.5. The van der Waals surface area contributed by atoms with E-state index >= 15 is 0 Å². The summed E-state index contributed by atoms with van der Waals surface area (Å²) < 4.78 is 11.2. The highest BCUT2D eigenvalue weighted by molar-refractivity contribution is 6.62. The predicted octanol–water partition coefficient (Wildman–Crippen LogP) is 2.37. The maximum atomic E-state index is 9.99. The van der Waals surface area contributed by atoms with Crippen molar-refractivity contribution in [3.05, 3.63) is 52.0 Å². The summed E-state index contributed by atoms with van der Waals surface area (Å²) in [6.45, 7) is 2.88. The molecule has 0 saturated heterocycles. The SMILES string of the molecule is CCc1c(Oc2ccc(CN)cc2Cl)ccc2c1B(O)OC2. The van der Waals surface area contributed by atoms with Gasteiger partial charge in [-0.25, -0.2) is 0 Å². The van der Waals surface area contributed by atoms with Gasteiger partial charge < -0.3 is 20.1 Å². The number of rotatable bonds is 4. The Balaban J connectivity index is 1.98. The molecule has 2 aromatic carbocycles. The van der Waals surface area contributed by atoms with Crippen molar-refractivity contribution in [2.24, 2.45) is 5.73 Å². The molecule has 0 spiro atoms. The van der Waals surface area contributed by atoms with Crippen LogP contribution in [0.2, 0.25) is 5.02 Å². The van der Waals surface area contributed by atoms with E-state index in [0.29, 0.717) is 29.7 Å². The largest absolute Gasteiger partial charge is 0.492 e. The van der Waals surface area contributed by atoms with E-state index in [0.717, 1.165) is 28.6 Å². The van der Waals surface area contributed by atoms with Crippen LogP contribution in [0.4, 0.5) is 0 Å². The van der Waals surface area contributed by atoms with Gasteiger partial charge in [-0.3, -0.25) is 0 Å². The smallest absolute Gasteiger partial charge is 0.456 e. The van der Waals surface area contributed by atoms with Crippen molar-refractivity contribution in [1.29, 1.82) is 0 Å². The Morgan fingerprint density at radius 2 is 2.09 bits per heavy atom.